The van der Waals surface area contributed by atoms with Crippen molar-refractivity contribution in [2.24, 2.45) is 35.5 Å². The summed E-state index contributed by atoms with van der Waals surface area (Å²) in [6.45, 7) is 2.60. The van der Waals surface area contributed by atoms with Crippen LogP contribution in [0.5, 0.6) is 0 Å². The minimum atomic E-state index is -0.329. The summed E-state index contributed by atoms with van der Waals surface area (Å²) >= 11 is 0. The molecule has 1 unspecified atom stereocenters. The highest BCUT2D eigenvalue weighted by Crippen LogP contribution is 2.56. The molecule has 4 saturated carbocycles. The number of rotatable bonds is 2. The van der Waals surface area contributed by atoms with Gasteiger partial charge in [-0.25, -0.2) is 0 Å². The van der Waals surface area contributed by atoms with E-state index in [1.807, 2.05) is 0 Å². The summed E-state index contributed by atoms with van der Waals surface area (Å²) in [5.41, 5.74) is 0. The van der Waals surface area contributed by atoms with Crippen molar-refractivity contribution >= 4 is 5.78 Å². The van der Waals surface area contributed by atoms with Crippen LogP contribution in [0.1, 0.15) is 38.5 Å². The van der Waals surface area contributed by atoms with E-state index in [0.29, 0.717) is 6.54 Å². The molecular weight excluding hydrogens is 248 g/mol. The summed E-state index contributed by atoms with van der Waals surface area (Å²) in [4.78, 5) is 14.3. The Morgan fingerprint density at radius 2 is 1.75 bits per heavy atom. The van der Waals surface area contributed by atoms with Gasteiger partial charge in [0.25, 0.3) is 0 Å². The van der Waals surface area contributed by atoms with Gasteiger partial charge in [-0.2, -0.15) is 5.26 Å². The van der Waals surface area contributed by atoms with Gasteiger partial charge in [-0.05, 0) is 68.1 Å². The van der Waals surface area contributed by atoms with Crippen molar-refractivity contribution < 1.29 is 4.79 Å². The van der Waals surface area contributed by atoms with Crippen LogP contribution in [-0.2, 0) is 4.79 Å². The highest BCUT2D eigenvalue weighted by molar-refractivity contribution is 5.85. The standard InChI is InChI=1S/C17H24N2O/c18-8-13-1-2-19(10-17(13)20)9-16-14-4-11-3-12(6-14)7-15(16)5-11/h11-16H,1-7,9-10H2. The average molecular weight is 272 g/mol. The van der Waals surface area contributed by atoms with Gasteiger partial charge in [-0.1, -0.05) is 0 Å². The molecule has 3 nitrogen and oxygen atoms in total. The Kier molecular flexibility index (Phi) is 3.11. The Hall–Kier alpha value is -0.880. The third-order valence-electron chi connectivity index (χ3n) is 6.55. The molecule has 5 rings (SSSR count). The molecule has 0 aromatic heterocycles. The number of hydrogen-bond acceptors (Lipinski definition) is 3. The van der Waals surface area contributed by atoms with Gasteiger partial charge < -0.3 is 0 Å². The molecule has 5 aliphatic rings. The molecule has 0 N–H and O–H groups in total. The summed E-state index contributed by atoms with van der Waals surface area (Å²) < 4.78 is 0. The van der Waals surface area contributed by atoms with Gasteiger partial charge in [0.1, 0.15) is 5.92 Å². The van der Waals surface area contributed by atoms with E-state index in [0.717, 1.165) is 49.1 Å². The number of piperidine rings is 1. The lowest BCUT2D eigenvalue weighted by Gasteiger charge is -2.55. The zero-order valence-corrected chi connectivity index (χ0v) is 12.1. The molecule has 0 radical (unpaired) electrons. The number of likely N-dealkylation sites (tertiary alicyclic amines) is 1. The fourth-order valence-electron chi connectivity index (χ4n) is 5.81. The Balaban J connectivity index is 1.40. The molecule has 0 aromatic carbocycles. The first-order chi connectivity index (χ1) is 9.72. The summed E-state index contributed by atoms with van der Waals surface area (Å²) in [7, 11) is 0. The molecule has 0 spiro atoms. The smallest absolute Gasteiger partial charge is 0.163 e. The van der Waals surface area contributed by atoms with Crippen LogP contribution in [0.4, 0.5) is 0 Å². The molecule has 1 atom stereocenters. The molecule has 3 heteroatoms. The van der Waals surface area contributed by atoms with Crippen LogP contribution >= 0.6 is 0 Å². The lowest BCUT2D eigenvalue weighted by atomic mass is 9.52. The maximum atomic E-state index is 11.9. The minimum absolute atomic E-state index is 0.155. The molecule has 20 heavy (non-hydrogen) atoms. The lowest BCUT2D eigenvalue weighted by Crippen LogP contribution is -2.51. The van der Waals surface area contributed by atoms with Crippen LogP contribution in [0.2, 0.25) is 0 Å². The van der Waals surface area contributed by atoms with Gasteiger partial charge >= 0.3 is 0 Å². The quantitative estimate of drug-likeness (QED) is 0.775. The summed E-state index contributed by atoms with van der Waals surface area (Å²) in [5, 5.41) is 8.95. The molecule has 4 bridgehead atoms. The number of carbonyl (C=O) groups is 1. The van der Waals surface area contributed by atoms with Crippen LogP contribution in [-0.4, -0.2) is 30.3 Å². The summed E-state index contributed by atoms with van der Waals surface area (Å²) in [5.74, 6) is 4.60. The van der Waals surface area contributed by atoms with Gasteiger partial charge in [-0.15, -0.1) is 0 Å². The summed E-state index contributed by atoms with van der Waals surface area (Å²) in [6.07, 6.45) is 8.09. The van der Waals surface area contributed by atoms with Gasteiger partial charge in [-0.3, -0.25) is 9.69 Å². The van der Waals surface area contributed by atoms with E-state index in [-0.39, 0.29) is 11.7 Å². The SMILES string of the molecule is N#CC1CCN(CC2C3CC4CC(C3)CC2C4)CC1=O. The van der Waals surface area contributed by atoms with E-state index in [4.69, 9.17) is 5.26 Å². The molecule has 4 aliphatic carbocycles. The van der Waals surface area contributed by atoms with Crippen molar-refractivity contribution in [3.8, 4) is 6.07 Å². The van der Waals surface area contributed by atoms with E-state index in [2.05, 4.69) is 11.0 Å². The monoisotopic (exact) mass is 272 g/mol. The van der Waals surface area contributed by atoms with Crippen molar-refractivity contribution in [1.82, 2.24) is 4.90 Å². The van der Waals surface area contributed by atoms with Gasteiger partial charge in [0.15, 0.2) is 5.78 Å². The van der Waals surface area contributed by atoms with Crippen LogP contribution in [0, 0.1) is 46.8 Å². The number of Topliss-reactive ketones (excluding diaryl/α,β-unsaturated/α-hetero) is 1. The zero-order valence-electron chi connectivity index (χ0n) is 12.1. The second-order valence-electron chi connectivity index (χ2n) is 7.77. The maximum absolute atomic E-state index is 11.9. The second kappa shape index (κ2) is 4.84. The Morgan fingerprint density at radius 1 is 1.10 bits per heavy atom. The molecule has 1 aliphatic heterocycles. The second-order valence-corrected chi connectivity index (χ2v) is 7.77. The van der Waals surface area contributed by atoms with Crippen molar-refractivity contribution in [3.63, 3.8) is 0 Å². The van der Waals surface area contributed by atoms with Crippen molar-refractivity contribution in [2.45, 2.75) is 38.5 Å². The average Bonchev–Trinajstić information content (AvgIpc) is 2.42. The highest BCUT2D eigenvalue weighted by Gasteiger charge is 2.48. The maximum Gasteiger partial charge on any atom is 0.163 e. The summed E-state index contributed by atoms with van der Waals surface area (Å²) in [6, 6.07) is 2.15. The van der Waals surface area contributed by atoms with Crippen molar-refractivity contribution in [1.29, 1.82) is 5.26 Å². The third-order valence-corrected chi connectivity index (χ3v) is 6.55. The van der Waals surface area contributed by atoms with Crippen molar-refractivity contribution in [2.75, 3.05) is 19.6 Å². The minimum Gasteiger partial charge on any atom is -0.297 e. The van der Waals surface area contributed by atoms with Gasteiger partial charge in [0.2, 0.25) is 0 Å². The van der Waals surface area contributed by atoms with Crippen LogP contribution in [0.25, 0.3) is 0 Å². The van der Waals surface area contributed by atoms with E-state index in [1.54, 1.807) is 0 Å². The topological polar surface area (TPSA) is 44.1 Å². The van der Waals surface area contributed by atoms with Crippen LogP contribution in [0.3, 0.4) is 0 Å². The third kappa shape index (κ3) is 2.09. The van der Waals surface area contributed by atoms with Crippen LogP contribution < -0.4 is 0 Å². The molecule has 108 valence electrons. The first kappa shape index (κ1) is 12.8. The molecule has 0 aromatic rings. The Bertz CT molecular complexity index is 424. The predicted octanol–water partition coefficient (Wildman–Crippen LogP) is 2.47. The Labute approximate surface area is 121 Å². The van der Waals surface area contributed by atoms with E-state index < -0.39 is 0 Å². The molecular formula is C17H24N2O. The van der Waals surface area contributed by atoms with E-state index in [1.165, 1.54) is 32.1 Å². The number of nitriles is 1. The van der Waals surface area contributed by atoms with Crippen LogP contribution in [0.15, 0.2) is 0 Å². The fourth-order valence-corrected chi connectivity index (χ4v) is 5.81. The zero-order chi connectivity index (χ0) is 13.7. The van der Waals surface area contributed by atoms with Gasteiger partial charge in [0.05, 0.1) is 12.6 Å². The molecule has 1 heterocycles. The lowest BCUT2D eigenvalue weighted by molar-refractivity contribution is -0.126. The highest BCUT2D eigenvalue weighted by atomic mass is 16.1. The predicted molar refractivity (Wildman–Crippen MR) is 75.7 cm³/mol. The normalized spacial score (nSPS) is 47.5. The van der Waals surface area contributed by atoms with Gasteiger partial charge in [0, 0.05) is 13.1 Å². The van der Waals surface area contributed by atoms with E-state index in [9.17, 15) is 4.79 Å². The number of nitrogens with zero attached hydrogens (tertiary/aromatic N) is 2. The first-order valence-electron chi connectivity index (χ1n) is 8.37. The number of carbonyl (C=O) groups excluding carboxylic acids is 1. The Morgan fingerprint density at radius 3 is 2.30 bits per heavy atom. The first-order valence-corrected chi connectivity index (χ1v) is 8.37. The van der Waals surface area contributed by atoms with E-state index >= 15 is 0 Å². The largest absolute Gasteiger partial charge is 0.297 e. The van der Waals surface area contributed by atoms with Crippen molar-refractivity contribution in [3.05, 3.63) is 0 Å². The fraction of sp³-hybridized carbons (Fsp3) is 0.882. The number of hydrogen-bond donors (Lipinski definition) is 0. The molecule has 5 fully saturated rings. The molecule has 0 amide bonds. The molecule has 1 saturated heterocycles. The number of ketones is 1.